The molecule has 0 aromatic heterocycles. The molecule has 0 spiro atoms. The molecular formula is C31H46O3. The third kappa shape index (κ3) is 7.89. The molecule has 34 heavy (non-hydrogen) atoms. The SMILES string of the molecule is CC(=O)Oc1c(C)c(C)c2c(c1C)CC[C@@](C)(CC/C=C(\C)CC/C=C(\C)CCC=C(C)C)O2. The molecule has 0 bridgehead atoms. The predicted molar refractivity (Wildman–Crippen MR) is 144 cm³/mol. The summed E-state index contributed by atoms with van der Waals surface area (Å²) in [5.41, 5.74) is 8.49. The smallest absolute Gasteiger partial charge is 0.308 e. The zero-order valence-electron chi connectivity index (χ0n) is 23.1. The van der Waals surface area contributed by atoms with Gasteiger partial charge in [0.15, 0.2) is 0 Å². The van der Waals surface area contributed by atoms with Crippen LogP contribution in [0.2, 0.25) is 0 Å². The van der Waals surface area contributed by atoms with E-state index in [1.54, 1.807) is 0 Å². The fourth-order valence-corrected chi connectivity index (χ4v) is 4.72. The van der Waals surface area contributed by atoms with Crippen molar-refractivity contribution in [3.05, 3.63) is 57.2 Å². The Balaban J connectivity index is 1.95. The van der Waals surface area contributed by atoms with Gasteiger partial charge in [-0.2, -0.15) is 0 Å². The highest BCUT2D eigenvalue weighted by Crippen LogP contribution is 2.44. The van der Waals surface area contributed by atoms with Crippen LogP contribution in [0.25, 0.3) is 0 Å². The molecule has 2 rings (SSSR count). The second-order valence-electron chi connectivity index (χ2n) is 10.7. The summed E-state index contributed by atoms with van der Waals surface area (Å²) in [4.78, 5) is 11.6. The zero-order valence-corrected chi connectivity index (χ0v) is 23.1. The van der Waals surface area contributed by atoms with Gasteiger partial charge < -0.3 is 9.47 Å². The molecule has 1 aromatic rings. The van der Waals surface area contributed by atoms with E-state index in [9.17, 15) is 4.79 Å². The average molecular weight is 467 g/mol. The van der Waals surface area contributed by atoms with Gasteiger partial charge in [-0.3, -0.25) is 4.79 Å². The van der Waals surface area contributed by atoms with Crippen LogP contribution >= 0.6 is 0 Å². The van der Waals surface area contributed by atoms with Crippen LogP contribution in [0.1, 0.15) is 109 Å². The lowest BCUT2D eigenvalue weighted by molar-refractivity contribution is -0.132. The summed E-state index contributed by atoms with van der Waals surface area (Å²) >= 11 is 0. The molecule has 3 nitrogen and oxygen atoms in total. The zero-order chi connectivity index (χ0) is 25.5. The molecule has 1 aliphatic rings. The number of hydrogen-bond donors (Lipinski definition) is 0. The highest BCUT2D eigenvalue weighted by molar-refractivity contribution is 5.72. The second-order valence-corrected chi connectivity index (χ2v) is 10.7. The van der Waals surface area contributed by atoms with E-state index in [-0.39, 0.29) is 11.6 Å². The maximum atomic E-state index is 11.6. The van der Waals surface area contributed by atoms with Crippen LogP contribution in [-0.4, -0.2) is 11.6 Å². The Bertz CT molecular complexity index is 973. The second kappa shape index (κ2) is 12.4. The minimum Gasteiger partial charge on any atom is -0.487 e. The quantitative estimate of drug-likeness (QED) is 0.196. The number of benzene rings is 1. The van der Waals surface area contributed by atoms with Crippen LogP contribution in [0.3, 0.4) is 0 Å². The number of carbonyl (C=O) groups is 1. The first-order chi connectivity index (χ1) is 15.9. The third-order valence-electron chi connectivity index (χ3n) is 7.10. The molecule has 0 fully saturated rings. The summed E-state index contributed by atoms with van der Waals surface area (Å²) in [6.45, 7) is 18.6. The largest absolute Gasteiger partial charge is 0.487 e. The standard InChI is InChI=1S/C31H46O3/c1-21(2)13-10-14-22(3)15-11-16-23(4)17-12-19-31(9)20-18-28-26(7)29(33-27(8)32)24(5)25(6)30(28)34-31/h13,15,17H,10-12,14,16,18-20H2,1-9H3/b22-15+,23-17+/t31-/m1/s1. The van der Waals surface area contributed by atoms with Gasteiger partial charge in [0.25, 0.3) is 0 Å². The van der Waals surface area contributed by atoms with Crippen molar-refractivity contribution in [1.82, 2.24) is 0 Å². The first-order valence-corrected chi connectivity index (χ1v) is 12.9. The van der Waals surface area contributed by atoms with Gasteiger partial charge in [-0.25, -0.2) is 0 Å². The van der Waals surface area contributed by atoms with Gasteiger partial charge in [-0.15, -0.1) is 0 Å². The van der Waals surface area contributed by atoms with E-state index >= 15 is 0 Å². The number of carbonyl (C=O) groups excluding carboxylic acids is 1. The summed E-state index contributed by atoms with van der Waals surface area (Å²) in [5.74, 6) is 1.42. The maximum absolute atomic E-state index is 11.6. The molecule has 3 heteroatoms. The lowest BCUT2D eigenvalue weighted by Gasteiger charge is -2.38. The topological polar surface area (TPSA) is 35.5 Å². The van der Waals surface area contributed by atoms with E-state index in [1.807, 2.05) is 13.8 Å². The highest BCUT2D eigenvalue weighted by atomic mass is 16.5. The van der Waals surface area contributed by atoms with Gasteiger partial charge in [-0.05, 0) is 123 Å². The van der Waals surface area contributed by atoms with Crippen LogP contribution in [0.5, 0.6) is 11.5 Å². The van der Waals surface area contributed by atoms with E-state index in [0.717, 1.165) is 73.8 Å². The molecule has 0 amide bonds. The molecule has 0 unspecified atom stereocenters. The van der Waals surface area contributed by atoms with Crippen LogP contribution < -0.4 is 9.47 Å². The molecule has 188 valence electrons. The van der Waals surface area contributed by atoms with Crippen molar-refractivity contribution in [2.75, 3.05) is 0 Å². The Labute approximate surface area is 208 Å². The number of fused-ring (bicyclic) bond motifs is 1. The lowest BCUT2D eigenvalue weighted by atomic mass is 9.85. The number of allylic oxidation sites excluding steroid dienone is 6. The van der Waals surface area contributed by atoms with Gasteiger partial charge in [-0.1, -0.05) is 34.9 Å². The van der Waals surface area contributed by atoms with E-state index in [0.29, 0.717) is 5.75 Å². The first kappa shape index (κ1) is 28.0. The Hall–Kier alpha value is -2.29. The monoisotopic (exact) mass is 466 g/mol. The fraction of sp³-hybridized carbons (Fsp3) is 0.581. The summed E-state index contributed by atoms with van der Waals surface area (Å²) in [7, 11) is 0. The van der Waals surface area contributed by atoms with E-state index < -0.39 is 0 Å². The highest BCUT2D eigenvalue weighted by Gasteiger charge is 2.34. The Kier molecular flexibility index (Phi) is 10.2. The van der Waals surface area contributed by atoms with E-state index in [2.05, 4.69) is 59.8 Å². The van der Waals surface area contributed by atoms with Crippen molar-refractivity contribution < 1.29 is 14.3 Å². The molecule has 1 aromatic carbocycles. The number of rotatable bonds is 10. The minimum absolute atomic E-state index is 0.169. The molecule has 0 saturated carbocycles. The first-order valence-electron chi connectivity index (χ1n) is 12.9. The van der Waals surface area contributed by atoms with Gasteiger partial charge >= 0.3 is 5.97 Å². The maximum Gasteiger partial charge on any atom is 0.308 e. The number of esters is 1. The predicted octanol–water partition coefficient (Wildman–Crippen LogP) is 8.82. The number of ether oxygens (including phenoxy) is 2. The molecule has 0 aliphatic carbocycles. The molecule has 0 radical (unpaired) electrons. The van der Waals surface area contributed by atoms with Crippen molar-refractivity contribution in [2.24, 2.45) is 0 Å². The van der Waals surface area contributed by atoms with Crippen LogP contribution in [0.4, 0.5) is 0 Å². The van der Waals surface area contributed by atoms with Crippen molar-refractivity contribution in [3.63, 3.8) is 0 Å². The Morgan fingerprint density at radius 1 is 0.882 bits per heavy atom. The molecular weight excluding hydrogens is 420 g/mol. The third-order valence-corrected chi connectivity index (χ3v) is 7.10. The van der Waals surface area contributed by atoms with Gasteiger partial charge in [0, 0.05) is 12.5 Å². The van der Waals surface area contributed by atoms with Gasteiger partial charge in [0.05, 0.1) is 0 Å². The summed E-state index contributed by atoms with van der Waals surface area (Å²) in [5, 5.41) is 0. The van der Waals surface area contributed by atoms with Gasteiger partial charge in [0.2, 0.25) is 0 Å². The molecule has 1 atom stereocenters. The average Bonchev–Trinajstić information content (AvgIpc) is 2.74. The van der Waals surface area contributed by atoms with Crippen LogP contribution in [0.15, 0.2) is 34.9 Å². The lowest BCUT2D eigenvalue weighted by Crippen LogP contribution is -2.37. The van der Waals surface area contributed by atoms with E-state index in [1.165, 1.54) is 29.2 Å². The summed E-state index contributed by atoms with van der Waals surface area (Å²) < 4.78 is 12.2. The number of hydrogen-bond acceptors (Lipinski definition) is 3. The fourth-order valence-electron chi connectivity index (χ4n) is 4.72. The van der Waals surface area contributed by atoms with Crippen LogP contribution in [-0.2, 0) is 11.2 Å². The van der Waals surface area contributed by atoms with Crippen molar-refractivity contribution in [2.45, 2.75) is 119 Å². The Morgan fingerprint density at radius 3 is 2.06 bits per heavy atom. The Morgan fingerprint density at radius 2 is 1.47 bits per heavy atom. The molecule has 0 saturated heterocycles. The van der Waals surface area contributed by atoms with Crippen molar-refractivity contribution >= 4 is 5.97 Å². The van der Waals surface area contributed by atoms with Crippen LogP contribution in [0, 0.1) is 20.8 Å². The molecule has 1 aliphatic heterocycles. The molecule has 1 heterocycles. The van der Waals surface area contributed by atoms with Crippen molar-refractivity contribution in [3.8, 4) is 11.5 Å². The van der Waals surface area contributed by atoms with E-state index in [4.69, 9.17) is 9.47 Å². The van der Waals surface area contributed by atoms with Gasteiger partial charge in [0.1, 0.15) is 17.1 Å². The molecule has 0 N–H and O–H groups in total. The summed E-state index contributed by atoms with van der Waals surface area (Å²) in [6.07, 6.45) is 15.6. The summed E-state index contributed by atoms with van der Waals surface area (Å²) in [6, 6.07) is 0. The minimum atomic E-state index is -0.274. The van der Waals surface area contributed by atoms with Crippen molar-refractivity contribution in [1.29, 1.82) is 0 Å². The normalized spacial score (nSPS) is 18.3.